The van der Waals surface area contributed by atoms with E-state index in [9.17, 15) is 0 Å². The maximum absolute atomic E-state index is 7.69. The predicted octanol–water partition coefficient (Wildman–Crippen LogP) is 4.17. The van der Waals surface area contributed by atoms with Crippen LogP contribution in [-0.2, 0) is 0 Å². The minimum absolute atomic E-state index is 0.334. The van der Waals surface area contributed by atoms with Gasteiger partial charge in [-0.15, -0.1) is 0 Å². The lowest BCUT2D eigenvalue weighted by Gasteiger charge is -2.28. The van der Waals surface area contributed by atoms with Crippen LogP contribution in [0.1, 0.15) is 22.3 Å². The number of benzene rings is 1. The van der Waals surface area contributed by atoms with Crippen LogP contribution in [0.5, 0.6) is 0 Å². The van der Waals surface area contributed by atoms with Crippen LogP contribution in [0, 0.1) is 13.8 Å². The van der Waals surface area contributed by atoms with Gasteiger partial charge in [0.1, 0.15) is 6.17 Å². The van der Waals surface area contributed by atoms with Crippen molar-refractivity contribution in [2.24, 2.45) is 0 Å². The van der Waals surface area contributed by atoms with Gasteiger partial charge in [-0.1, -0.05) is 12.1 Å². The lowest BCUT2D eigenvalue weighted by molar-refractivity contribution is 0.383. The van der Waals surface area contributed by atoms with Crippen molar-refractivity contribution in [1.29, 1.82) is 0 Å². The molecule has 4 heteroatoms. The van der Waals surface area contributed by atoms with E-state index in [2.05, 4.69) is 4.98 Å². The number of aromatic nitrogens is 1. The first-order valence-corrected chi connectivity index (χ1v) is 7.32. The van der Waals surface area contributed by atoms with Gasteiger partial charge in [-0.2, -0.15) is 0 Å². The van der Waals surface area contributed by atoms with Gasteiger partial charge in [-0.3, -0.25) is 0 Å². The number of hydrogen-bond donors (Lipinski definition) is 0. The Hall–Kier alpha value is -2.49. The third kappa shape index (κ3) is 1.73. The highest BCUT2D eigenvalue weighted by Gasteiger charge is 2.25. The predicted molar refractivity (Wildman–Crippen MR) is 89.8 cm³/mol. The molecule has 0 bridgehead atoms. The van der Waals surface area contributed by atoms with Crippen molar-refractivity contribution in [2.75, 3.05) is 11.9 Å². The minimum atomic E-state index is -2.18. The van der Waals surface area contributed by atoms with E-state index in [1.807, 2.05) is 49.9 Å². The lowest BCUT2D eigenvalue weighted by Crippen LogP contribution is -2.33. The van der Waals surface area contributed by atoms with Crippen molar-refractivity contribution < 1.29 is 8.53 Å². The molecule has 1 aliphatic heterocycles. The number of anilines is 1. The Kier molecular flexibility index (Phi) is 2.10. The number of nitrogens with zero attached hydrogens (tertiary/aromatic N) is 3. The molecule has 3 aromatic rings. The van der Waals surface area contributed by atoms with Gasteiger partial charge in [0.2, 0.25) is 5.71 Å². The summed E-state index contributed by atoms with van der Waals surface area (Å²) >= 11 is 0. The number of rotatable bonds is 1. The van der Waals surface area contributed by atoms with E-state index in [1.54, 1.807) is 12.4 Å². The van der Waals surface area contributed by atoms with Crippen LogP contribution in [-0.4, -0.2) is 23.0 Å². The fourth-order valence-electron chi connectivity index (χ4n) is 3.01. The summed E-state index contributed by atoms with van der Waals surface area (Å²) in [5.41, 5.74) is 4.13. The van der Waals surface area contributed by atoms with Crippen molar-refractivity contribution in [2.45, 2.75) is 26.9 Å². The van der Waals surface area contributed by atoms with Crippen molar-refractivity contribution in [3.05, 3.63) is 47.9 Å². The first-order valence-electron chi connectivity index (χ1n) is 8.82. The van der Waals surface area contributed by atoms with Crippen LogP contribution >= 0.6 is 0 Å². The first-order chi connectivity index (χ1) is 11.8. The van der Waals surface area contributed by atoms with Gasteiger partial charge in [0, 0.05) is 40.0 Å². The Morgan fingerprint density at radius 3 is 2.73 bits per heavy atom. The summed E-state index contributed by atoms with van der Waals surface area (Å²) in [6.07, 6.45) is 3.07. The van der Waals surface area contributed by atoms with Crippen LogP contribution in [0.15, 0.2) is 41.1 Å². The van der Waals surface area contributed by atoms with Gasteiger partial charge in [0.15, 0.2) is 5.58 Å². The first kappa shape index (κ1) is 10.3. The Morgan fingerprint density at radius 1 is 1.14 bits per heavy atom. The normalized spacial score (nSPS) is 20.7. The summed E-state index contributed by atoms with van der Waals surface area (Å²) in [6.45, 7) is 3.62. The maximum Gasteiger partial charge on any atom is 0.227 e. The average molecular weight is 296 g/mol. The fourth-order valence-corrected chi connectivity index (χ4v) is 3.01. The molecule has 0 saturated heterocycles. The van der Waals surface area contributed by atoms with Gasteiger partial charge < -0.3 is 14.2 Å². The molecule has 0 amide bonds. The zero-order chi connectivity index (χ0) is 17.9. The largest absolute Gasteiger partial charge is 0.435 e. The molecule has 1 atom stereocenters. The number of hydrogen-bond acceptors (Lipinski definition) is 4. The molecule has 22 heavy (non-hydrogen) atoms. The highest BCUT2D eigenvalue weighted by Crippen LogP contribution is 2.38. The zero-order valence-corrected chi connectivity index (χ0v) is 12.8. The molecule has 1 aliphatic rings. The van der Waals surface area contributed by atoms with Gasteiger partial charge >= 0.3 is 0 Å². The Bertz CT molecular complexity index is 1010. The van der Waals surface area contributed by atoms with E-state index in [4.69, 9.17) is 8.53 Å². The van der Waals surface area contributed by atoms with Crippen molar-refractivity contribution in [1.82, 2.24) is 9.88 Å². The summed E-state index contributed by atoms with van der Waals surface area (Å²) in [5, 5.41) is 1.95. The molecule has 1 aromatic carbocycles. The molecule has 4 rings (SSSR count). The van der Waals surface area contributed by atoms with E-state index in [0.29, 0.717) is 5.71 Å². The van der Waals surface area contributed by atoms with Gasteiger partial charge in [-0.05, 0) is 38.5 Å². The molecule has 4 nitrogen and oxygen atoms in total. The van der Waals surface area contributed by atoms with Crippen LogP contribution in [0.25, 0.3) is 22.1 Å². The Labute approximate surface area is 133 Å². The third-order valence-corrected chi connectivity index (χ3v) is 4.27. The standard InChI is InChI=1S/C18H19N3O/c1-11-5-7-14-15-8-6-12(2)19-18(15)22-17(14)16(11)21-10-9-20(4)13(21)3/h5-10,13H,1-4H3/i4D3. The van der Waals surface area contributed by atoms with Gasteiger partial charge in [0.05, 0.1) is 5.69 Å². The molecule has 0 spiro atoms. The van der Waals surface area contributed by atoms with Gasteiger partial charge in [-0.25, -0.2) is 4.98 Å². The Morgan fingerprint density at radius 2 is 1.95 bits per heavy atom. The molecular formula is C18H19N3O. The zero-order valence-electron chi connectivity index (χ0n) is 15.8. The van der Waals surface area contributed by atoms with E-state index in [0.717, 1.165) is 33.3 Å². The number of aryl methyl sites for hydroxylation is 2. The van der Waals surface area contributed by atoms with Crippen LogP contribution < -0.4 is 4.90 Å². The van der Waals surface area contributed by atoms with Crippen molar-refractivity contribution in [3.8, 4) is 0 Å². The van der Waals surface area contributed by atoms with Crippen LogP contribution in [0.3, 0.4) is 0 Å². The highest BCUT2D eigenvalue weighted by atomic mass is 16.3. The second-order valence-electron chi connectivity index (χ2n) is 5.76. The Balaban J connectivity index is 1.92. The highest BCUT2D eigenvalue weighted by molar-refractivity contribution is 6.08. The summed E-state index contributed by atoms with van der Waals surface area (Å²) in [7, 11) is 0. The quantitative estimate of drug-likeness (QED) is 0.675. The van der Waals surface area contributed by atoms with Crippen molar-refractivity contribution in [3.63, 3.8) is 0 Å². The molecule has 0 aliphatic carbocycles. The summed E-state index contributed by atoms with van der Waals surface area (Å²) in [6, 6.07) is 8.04. The molecule has 0 saturated carbocycles. The fraction of sp³-hybridized carbons (Fsp3) is 0.278. The average Bonchev–Trinajstić information content (AvgIpc) is 3.07. The molecule has 0 radical (unpaired) electrons. The van der Waals surface area contributed by atoms with Crippen molar-refractivity contribution >= 4 is 27.8 Å². The molecule has 112 valence electrons. The smallest absolute Gasteiger partial charge is 0.227 e. The summed E-state index contributed by atoms with van der Waals surface area (Å²) in [4.78, 5) is 7.79. The summed E-state index contributed by atoms with van der Waals surface area (Å²) < 4.78 is 29.1. The molecule has 1 unspecified atom stereocenters. The molecule has 0 fully saturated rings. The SMILES string of the molecule is [2H]C([2H])([2H])N1C=CN(c2c(C)ccc3c2oc2nc(C)ccc23)C1C. The van der Waals surface area contributed by atoms with E-state index in [-0.39, 0.29) is 6.17 Å². The van der Waals surface area contributed by atoms with E-state index >= 15 is 0 Å². The third-order valence-electron chi connectivity index (χ3n) is 4.27. The number of pyridine rings is 1. The maximum atomic E-state index is 7.69. The monoisotopic (exact) mass is 296 g/mol. The number of fused-ring (bicyclic) bond motifs is 3. The summed E-state index contributed by atoms with van der Waals surface area (Å²) in [5.74, 6) is 0. The van der Waals surface area contributed by atoms with E-state index < -0.39 is 6.98 Å². The second-order valence-corrected chi connectivity index (χ2v) is 5.76. The lowest BCUT2D eigenvalue weighted by atomic mass is 10.1. The topological polar surface area (TPSA) is 32.5 Å². The van der Waals surface area contributed by atoms with E-state index in [1.165, 1.54) is 4.90 Å². The molecule has 2 aromatic heterocycles. The second kappa shape index (κ2) is 4.50. The molecular weight excluding hydrogens is 274 g/mol. The molecule has 0 N–H and O–H groups in total. The van der Waals surface area contributed by atoms with Crippen LogP contribution in [0.4, 0.5) is 5.69 Å². The minimum Gasteiger partial charge on any atom is -0.435 e. The molecule has 3 heterocycles. The number of furan rings is 1. The van der Waals surface area contributed by atoms with Gasteiger partial charge in [0.25, 0.3) is 0 Å². The van der Waals surface area contributed by atoms with Crippen LogP contribution in [0.2, 0.25) is 0 Å².